The maximum Gasteiger partial charge on any atom is 0.571 e. The Morgan fingerprint density at radius 1 is 1.20 bits per heavy atom. The van der Waals surface area contributed by atoms with Crippen molar-refractivity contribution in [3.8, 4) is 0 Å². The molecule has 4 atom stereocenters. The normalized spacial score (nSPS) is 23.2. The van der Waals surface area contributed by atoms with E-state index in [0.717, 1.165) is 4.57 Å². The molecule has 1 saturated heterocycles. The number of ether oxygens (including phenoxy) is 1. The second-order valence-corrected chi connectivity index (χ2v) is 12.3. The van der Waals surface area contributed by atoms with Gasteiger partial charge in [0.15, 0.2) is 0 Å². The number of aromatic nitrogens is 2. The zero-order chi connectivity index (χ0) is 22.9. The number of aliphatic hydroxyl groups is 1. The fraction of sp³-hybridized carbons (Fsp3) is 0.600. The van der Waals surface area contributed by atoms with Gasteiger partial charge in [0.1, 0.15) is 12.3 Å². The first-order valence-electron chi connectivity index (χ1n) is 7.75. The summed E-state index contributed by atoms with van der Waals surface area (Å²) in [5, 5.41) is 9.97. The molecule has 2 heterocycles. The lowest BCUT2D eigenvalue weighted by Gasteiger charge is -2.16. The first kappa shape index (κ1) is 25.6. The van der Waals surface area contributed by atoms with Gasteiger partial charge >= 0.3 is 39.3 Å². The van der Waals surface area contributed by atoms with Crippen molar-refractivity contribution in [3.63, 3.8) is 0 Å². The molecule has 0 aliphatic carbocycles. The van der Waals surface area contributed by atoms with Gasteiger partial charge in [-0.15, -0.1) is 0 Å². The van der Waals surface area contributed by atoms with Crippen LogP contribution in [-0.4, -0.2) is 51.5 Å². The minimum absolute atomic E-state index is 0.139. The maximum atomic E-state index is 11.9. The van der Waals surface area contributed by atoms with E-state index in [1.807, 2.05) is 0 Å². The second kappa shape index (κ2) is 9.48. The molecule has 1 aliphatic rings. The first-order chi connectivity index (χ1) is 13.6. The number of hydrogen-bond acceptors (Lipinski definition) is 9. The highest BCUT2D eigenvalue weighted by molar-refractivity contribution is 8.15. The number of aryl methyl sites for hydroxylation is 1. The third-order valence-electron chi connectivity index (χ3n) is 3.46. The van der Waals surface area contributed by atoms with Crippen LogP contribution in [0.15, 0.2) is 15.8 Å². The van der Waals surface area contributed by atoms with Gasteiger partial charge in [0.2, 0.25) is 6.29 Å². The van der Waals surface area contributed by atoms with Gasteiger partial charge < -0.3 is 24.5 Å². The fourth-order valence-corrected chi connectivity index (χ4v) is 6.89. The highest BCUT2D eigenvalue weighted by atomic mass is 32.5. The van der Waals surface area contributed by atoms with Crippen molar-refractivity contribution in [2.24, 2.45) is 0 Å². The average molecular weight is 515 g/mol. The predicted octanol–water partition coefficient (Wildman–Crippen LogP) is -1.26. The van der Waals surface area contributed by atoms with Gasteiger partial charge in [0, 0.05) is 11.8 Å². The van der Waals surface area contributed by atoms with E-state index in [0.29, 0.717) is 0 Å². The van der Waals surface area contributed by atoms with E-state index in [1.165, 1.54) is 13.1 Å². The van der Waals surface area contributed by atoms with Crippen LogP contribution in [0, 0.1) is 6.92 Å². The molecule has 0 spiro atoms. The molecule has 0 saturated carbocycles. The SMILES string of the molecule is Cc1cn([C@H]2CC[C@@H](C(O)O[S+]=P(O)(O)OP(=O)(O)OP(=O)(O)O)O2)c(=O)[nH]c1=O. The third kappa shape index (κ3) is 7.51. The Labute approximate surface area is 170 Å². The van der Waals surface area contributed by atoms with Gasteiger partial charge in [-0.05, 0) is 19.8 Å². The molecule has 1 aromatic rings. The van der Waals surface area contributed by atoms with E-state index >= 15 is 0 Å². The van der Waals surface area contributed by atoms with Gasteiger partial charge in [-0.2, -0.15) is 8.62 Å². The van der Waals surface area contributed by atoms with Gasteiger partial charge in [0.05, 0.1) is 0 Å². The van der Waals surface area contributed by atoms with Crippen LogP contribution in [0.4, 0.5) is 0 Å². The van der Waals surface area contributed by atoms with Crippen molar-refractivity contribution >= 4 is 33.6 Å². The van der Waals surface area contributed by atoms with E-state index in [4.69, 9.17) is 19.4 Å². The predicted molar refractivity (Wildman–Crippen MR) is 99.1 cm³/mol. The summed E-state index contributed by atoms with van der Waals surface area (Å²) < 4.78 is 40.4. The van der Waals surface area contributed by atoms with Crippen LogP contribution in [-0.2, 0) is 37.9 Å². The second-order valence-electron chi connectivity index (χ2n) is 5.86. The van der Waals surface area contributed by atoms with Crippen LogP contribution in [0.25, 0.3) is 0 Å². The molecule has 172 valence electrons. The lowest BCUT2D eigenvalue weighted by molar-refractivity contribution is -0.129. The van der Waals surface area contributed by atoms with Crippen molar-refractivity contribution in [2.45, 2.75) is 38.4 Å². The number of H-pyrrole nitrogens is 1. The molecule has 1 aromatic heterocycles. The molecule has 30 heavy (non-hydrogen) atoms. The van der Waals surface area contributed by atoms with E-state index in [2.05, 4.69) is 17.8 Å². The number of nitrogens with zero attached hydrogens (tertiary/aromatic N) is 1. The molecule has 16 nitrogen and oxygen atoms in total. The molecule has 0 bridgehead atoms. The largest absolute Gasteiger partial charge is 0.571 e. The minimum Gasteiger partial charge on any atom is -0.362 e. The number of phosphoric acid groups is 2. The summed E-state index contributed by atoms with van der Waals surface area (Å²) in [5.41, 5.74) is -1.07. The topological polar surface area (TPSA) is 247 Å². The molecule has 1 fully saturated rings. The Morgan fingerprint density at radius 3 is 2.43 bits per heavy atom. The van der Waals surface area contributed by atoms with Crippen molar-refractivity contribution in [1.29, 1.82) is 0 Å². The zero-order valence-electron chi connectivity index (χ0n) is 14.9. The summed E-state index contributed by atoms with van der Waals surface area (Å²) in [6, 6.07) is 0. The van der Waals surface area contributed by atoms with Crippen LogP contribution >= 0.6 is 22.4 Å². The molecule has 2 rings (SSSR count). The van der Waals surface area contributed by atoms with Gasteiger partial charge in [-0.1, -0.05) is 4.18 Å². The highest BCUT2D eigenvalue weighted by Gasteiger charge is 2.45. The maximum absolute atomic E-state index is 11.9. The molecule has 20 heteroatoms. The van der Waals surface area contributed by atoms with Gasteiger partial charge in [-0.25, -0.2) is 13.9 Å². The van der Waals surface area contributed by atoms with Crippen molar-refractivity contribution < 1.29 is 56.2 Å². The molecular weight excluding hydrogens is 497 g/mol. The highest BCUT2D eigenvalue weighted by Crippen LogP contribution is 2.65. The summed E-state index contributed by atoms with van der Waals surface area (Å²) in [5.74, 6) is 0. The standard InChI is InChI=1S/C10H17N2O14P3S/c1-5-4-12(10(15)11-8(5)13)7-3-2-6(23-7)9(14)24-30-29(21,22)26-28(19,20)25-27(16,17)18/h4,6-7,9,14H,2-3H2,1H3,(H5-,11,13,15,16,17,18,19,20,21,22)/p+1/t6-,7+,9?/m0/s1. The Bertz CT molecular complexity index is 1040. The summed E-state index contributed by atoms with van der Waals surface area (Å²) in [6.45, 7) is -3.47. The van der Waals surface area contributed by atoms with E-state index in [1.54, 1.807) is 0 Å². The number of nitrogens with one attached hydrogen (secondary N) is 1. The molecule has 0 radical (unpaired) electrons. The lowest BCUT2D eigenvalue weighted by Crippen LogP contribution is -2.34. The van der Waals surface area contributed by atoms with Crippen LogP contribution < -0.4 is 11.2 Å². The molecule has 0 aromatic carbocycles. The van der Waals surface area contributed by atoms with E-state index in [-0.39, 0.29) is 29.6 Å². The molecular formula is C10H18N2O14P3S+. The lowest BCUT2D eigenvalue weighted by atomic mass is 10.2. The Hall–Kier alpha value is -0.610. The number of rotatable bonds is 8. The number of aliphatic hydroxyl groups excluding tert-OH is 1. The summed E-state index contributed by atoms with van der Waals surface area (Å²) in [7, 11) is -11.1. The summed E-state index contributed by atoms with van der Waals surface area (Å²) in [6.07, 6.45) is -2.15. The summed E-state index contributed by atoms with van der Waals surface area (Å²) in [4.78, 5) is 70.5. The molecule has 0 amide bonds. The Morgan fingerprint density at radius 2 is 1.83 bits per heavy atom. The van der Waals surface area contributed by atoms with E-state index in [9.17, 15) is 33.6 Å². The molecule has 1 aliphatic heterocycles. The van der Waals surface area contributed by atoms with Crippen LogP contribution in [0.5, 0.6) is 0 Å². The molecule has 2 unspecified atom stereocenters. The minimum atomic E-state index is -5.58. The average Bonchev–Trinajstić information content (AvgIpc) is 3.02. The Kier molecular flexibility index (Phi) is 8.11. The Balaban J connectivity index is 2.03. The van der Waals surface area contributed by atoms with Crippen LogP contribution in [0.3, 0.4) is 0 Å². The quantitative estimate of drug-likeness (QED) is 0.0925. The van der Waals surface area contributed by atoms with E-state index < -0.39 is 52.2 Å². The van der Waals surface area contributed by atoms with Gasteiger partial charge in [0.25, 0.3) is 5.56 Å². The smallest absolute Gasteiger partial charge is 0.362 e. The van der Waals surface area contributed by atoms with Crippen molar-refractivity contribution in [1.82, 2.24) is 9.55 Å². The fourth-order valence-electron chi connectivity index (χ4n) is 2.32. The third-order valence-corrected chi connectivity index (χ3v) is 8.73. The summed E-state index contributed by atoms with van der Waals surface area (Å²) >= 11 is -0.380. The molecule has 7 N–H and O–H groups in total. The first-order valence-corrected chi connectivity index (χ1v) is 13.7. The van der Waals surface area contributed by atoms with Crippen LogP contribution in [0.1, 0.15) is 24.6 Å². The zero-order valence-corrected chi connectivity index (χ0v) is 18.4. The van der Waals surface area contributed by atoms with Crippen LogP contribution in [0.2, 0.25) is 0 Å². The number of hydrogen-bond donors (Lipinski definition) is 7. The van der Waals surface area contributed by atoms with Crippen molar-refractivity contribution in [3.05, 3.63) is 32.6 Å². The van der Waals surface area contributed by atoms with Crippen molar-refractivity contribution in [2.75, 3.05) is 0 Å². The monoisotopic (exact) mass is 515 g/mol. The number of aromatic amines is 1. The van der Waals surface area contributed by atoms with Gasteiger partial charge in [-0.3, -0.25) is 24.1 Å².